The van der Waals surface area contributed by atoms with E-state index in [4.69, 9.17) is 14.7 Å². The summed E-state index contributed by atoms with van der Waals surface area (Å²) in [5, 5.41) is 1.08. The highest BCUT2D eigenvalue weighted by atomic mass is 16.5. The molecule has 0 saturated carbocycles. The lowest BCUT2D eigenvalue weighted by molar-refractivity contribution is 0.122. The maximum absolute atomic E-state index is 5.53. The van der Waals surface area contributed by atoms with Crippen LogP contribution in [0.4, 0.5) is 5.82 Å². The molecule has 0 amide bonds. The minimum absolute atomic E-state index is 0.569. The third-order valence-corrected chi connectivity index (χ3v) is 5.83. The monoisotopic (exact) mass is 426 g/mol. The van der Waals surface area contributed by atoms with Gasteiger partial charge in [0.15, 0.2) is 17.3 Å². The number of H-pyrrole nitrogens is 1. The molecule has 1 aliphatic rings. The van der Waals surface area contributed by atoms with Gasteiger partial charge in [0.2, 0.25) is 0 Å². The van der Waals surface area contributed by atoms with Gasteiger partial charge in [-0.2, -0.15) is 0 Å². The predicted octanol–water partition coefficient (Wildman–Crippen LogP) is 3.11. The van der Waals surface area contributed by atoms with Crippen molar-refractivity contribution in [2.45, 2.75) is 6.92 Å². The number of anilines is 1. The minimum atomic E-state index is 0.569. The molecule has 0 atom stereocenters. The molecular formula is C23H22N8O. The summed E-state index contributed by atoms with van der Waals surface area (Å²) in [4.78, 5) is 28.9. The Balaban J connectivity index is 1.58. The maximum atomic E-state index is 5.53. The van der Waals surface area contributed by atoms with E-state index in [2.05, 4.69) is 35.6 Å². The molecule has 1 saturated heterocycles. The van der Waals surface area contributed by atoms with Gasteiger partial charge in [0.05, 0.1) is 25.1 Å². The molecule has 1 fully saturated rings. The lowest BCUT2D eigenvalue weighted by atomic mass is 10.1. The molecule has 5 aromatic rings. The number of imidazole rings is 1. The zero-order valence-corrected chi connectivity index (χ0v) is 17.9. The third-order valence-electron chi connectivity index (χ3n) is 5.83. The number of ether oxygens (including phenoxy) is 1. The molecule has 9 heteroatoms. The van der Waals surface area contributed by atoms with Crippen LogP contribution in [0.5, 0.6) is 0 Å². The van der Waals surface area contributed by atoms with Crippen molar-refractivity contribution in [3.05, 3.63) is 48.7 Å². The van der Waals surface area contributed by atoms with Crippen LogP contribution in [0.1, 0.15) is 5.69 Å². The van der Waals surface area contributed by atoms with Crippen LogP contribution >= 0.6 is 0 Å². The van der Waals surface area contributed by atoms with Gasteiger partial charge in [-0.1, -0.05) is 6.07 Å². The quantitative estimate of drug-likeness (QED) is 0.473. The number of rotatable bonds is 3. The van der Waals surface area contributed by atoms with Crippen LogP contribution in [0.25, 0.3) is 44.8 Å². The smallest absolute Gasteiger partial charge is 0.180 e. The highest BCUT2D eigenvalue weighted by Gasteiger charge is 2.22. The van der Waals surface area contributed by atoms with Crippen LogP contribution in [0.3, 0.4) is 0 Å². The Bertz CT molecular complexity index is 1450. The van der Waals surface area contributed by atoms with Gasteiger partial charge in [-0.15, -0.1) is 0 Å². The number of nitrogens with zero attached hydrogens (tertiary/aromatic N) is 7. The van der Waals surface area contributed by atoms with E-state index in [1.54, 1.807) is 6.33 Å². The number of nitrogens with one attached hydrogen (secondary N) is 1. The molecule has 9 nitrogen and oxygen atoms in total. The van der Waals surface area contributed by atoms with E-state index < -0.39 is 0 Å². The molecular weight excluding hydrogens is 404 g/mol. The molecule has 0 aliphatic carbocycles. The topological polar surface area (TPSA) is 97.6 Å². The Labute approximate surface area is 184 Å². The number of hydrogen-bond acceptors (Lipinski definition) is 7. The number of aryl methyl sites for hydroxylation is 2. The molecule has 6 heterocycles. The summed E-state index contributed by atoms with van der Waals surface area (Å²) in [6.45, 7) is 5.04. The summed E-state index contributed by atoms with van der Waals surface area (Å²) in [5.74, 6) is 1.53. The summed E-state index contributed by atoms with van der Waals surface area (Å²) < 4.78 is 7.65. The van der Waals surface area contributed by atoms with Crippen LogP contribution in [0, 0.1) is 6.92 Å². The first-order valence-corrected chi connectivity index (χ1v) is 10.6. The second-order valence-electron chi connectivity index (χ2n) is 7.94. The predicted molar refractivity (Wildman–Crippen MR) is 122 cm³/mol. The van der Waals surface area contributed by atoms with Crippen LogP contribution in [0.2, 0.25) is 0 Å². The highest BCUT2D eigenvalue weighted by molar-refractivity contribution is 6.04. The molecule has 0 radical (unpaired) electrons. The second-order valence-corrected chi connectivity index (χ2v) is 7.94. The Morgan fingerprint density at radius 3 is 2.75 bits per heavy atom. The van der Waals surface area contributed by atoms with E-state index in [-0.39, 0.29) is 0 Å². The van der Waals surface area contributed by atoms with E-state index in [1.807, 2.05) is 44.4 Å². The first-order chi connectivity index (χ1) is 15.7. The van der Waals surface area contributed by atoms with Crippen molar-refractivity contribution in [2.24, 2.45) is 7.05 Å². The fourth-order valence-corrected chi connectivity index (χ4v) is 4.34. The van der Waals surface area contributed by atoms with Crippen molar-refractivity contribution in [1.29, 1.82) is 0 Å². The SMILES string of the molecule is Cc1cccc(-c2nc(-c3cn(C)c4c(N5CCOCC5)nccc34)c3nc[nH]c3n2)n1. The molecule has 32 heavy (non-hydrogen) atoms. The van der Waals surface area contributed by atoms with E-state index in [1.165, 1.54) is 0 Å². The molecule has 160 valence electrons. The van der Waals surface area contributed by atoms with Crippen molar-refractivity contribution < 1.29 is 4.74 Å². The molecule has 0 spiro atoms. The fraction of sp³-hybridized carbons (Fsp3) is 0.261. The number of hydrogen-bond donors (Lipinski definition) is 1. The normalized spacial score (nSPS) is 14.5. The molecule has 0 unspecified atom stereocenters. The van der Waals surface area contributed by atoms with Crippen molar-refractivity contribution >= 4 is 27.9 Å². The Morgan fingerprint density at radius 2 is 1.91 bits per heavy atom. The summed E-state index contributed by atoms with van der Waals surface area (Å²) in [5.41, 5.74) is 5.92. The standard InChI is InChI=1S/C23H22N8O/c1-14-4-3-5-17(27-14)21-28-18(19-22(29-21)26-13-25-19)16-12-30(2)20-15(16)6-7-24-23(20)31-8-10-32-11-9-31/h3-7,12-13H,8-11H2,1-2H3,(H,25,26,28,29). The Morgan fingerprint density at radius 1 is 1.03 bits per heavy atom. The molecule has 0 bridgehead atoms. The van der Waals surface area contributed by atoms with Crippen LogP contribution in [0.15, 0.2) is 43.0 Å². The minimum Gasteiger partial charge on any atom is -0.378 e. The number of fused-ring (bicyclic) bond motifs is 2. The number of morpholine rings is 1. The van der Waals surface area contributed by atoms with E-state index >= 15 is 0 Å². The molecule has 5 aromatic heterocycles. The molecule has 1 aliphatic heterocycles. The third kappa shape index (κ3) is 3.01. The van der Waals surface area contributed by atoms with Gasteiger partial charge in [0, 0.05) is 49.2 Å². The van der Waals surface area contributed by atoms with E-state index in [9.17, 15) is 0 Å². The molecule has 0 aromatic carbocycles. The van der Waals surface area contributed by atoms with Crippen molar-refractivity contribution in [1.82, 2.24) is 34.5 Å². The highest BCUT2D eigenvalue weighted by Crippen LogP contribution is 2.36. The summed E-state index contributed by atoms with van der Waals surface area (Å²) in [6, 6.07) is 7.90. The van der Waals surface area contributed by atoms with Gasteiger partial charge in [0.1, 0.15) is 16.9 Å². The van der Waals surface area contributed by atoms with Gasteiger partial charge in [-0.25, -0.2) is 24.9 Å². The molecule has 6 rings (SSSR count). The zero-order valence-electron chi connectivity index (χ0n) is 17.9. The van der Waals surface area contributed by atoms with Crippen molar-refractivity contribution in [3.8, 4) is 22.8 Å². The van der Waals surface area contributed by atoms with Crippen LogP contribution < -0.4 is 4.90 Å². The van der Waals surface area contributed by atoms with Gasteiger partial charge in [0.25, 0.3) is 0 Å². The van der Waals surface area contributed by atoms with Gasteiger partial charge in [-0.3, -0.25) is 0 Å². The first kappa shape index (κ1) is 18.9. The second kappa shape index (κ2) is 7.38. The number of pyridine rings is 2. The largest absolute Gasteiger partial charge is 0.378 e. The van der Waals surface area contributed by atoms with E-state index in [0.29, 0.717) is 24.7 Å². The maximum Gasteiger partial charge on any atom is 0.180 e. The molecule has 1 N–H and O–H groups in total. The Kier molecular flexibility index (Phi) is 4.36. The van der Waals surface area contributed by atoms with Crippen LogP contribution in [-0.4, -0.2) is 60.8 Å². The van der Waals surface area contributed by atoms with Crippen LogP contribution in [-0.2, 0) is 11.8 Å². The summed E-state index contributed by atoms with van der Waals surface area (Å²) >= 11 is 0. The van der Waals surface area contributed by atoms with Gasteiger partial charge in [-0.05, 0) is 25.1 Å². The van der Waals surface area contributed by atoms with Gasteiger partial charge >= 0.3 is 0 Å². The Hall–Kier alpha value is -3.85. The van der Waals surface area contributed by atoms with E-state index in [0.717, 1.165) is 58.0 Å². The summed E-state index contributed by atoms with van der Waals surface area (Å²) in [7, 11) is 2.05. The van der Waals surface area contributed by atoms with Gasteiger partial charge < -0.3 is 19.2 Å². The summed E-state index contributed by atoms with van der Waals surface area (Å²) in [6.07, 6.45) is 5.62. The average molecular weight is 426 g/mol. The number of aromatic amines is 1. The zero-order chi connectivity index (χ0) is 21.7. The number of aromatic nitrogens is 7. The lowest BCUT2D eigenvalue weighted by Gasteiger charge is -2.28. The average Bonchev–Trinajstić information content (AvgIpc) is 3.43. The first-order valence-electron chi connectivity index (χ1n) is 10.6. The lowest BCUT2D eigenvalue weighted by Crippen LogP contribution is -2.37. The van der Waals surface area contributed by atoms with Crippen molar-refractivity contribution in [2.75, 3.05) is 31.2 Å². The van der Waals surface area contributed by atoms with Crippen molar-refractivity contribution in [3.63, 3.8) is 0 Å². The fourth-order valence-electron chi connectivity index (χ4n) is 4.34.